The molecule has 1 aromatic rings. The molecule has 15 heavy (non-hydrogen) atoms. The average molecular weight is 208 g/mol. The zero-order valence-electron chi connectivity index (χ0n) is 9.28. The Morgan fingerprint density at radius 3 is 2.60 bits per heavy atom. The van der Waals surface area contributed by atoms with Crippen LogP contribution in [0.15, 0.2) is 18.2 Å². The van der Waals surface area contributed by atoms with E-state index in [0.717, 1.165) is 5.56 Å². The summed E-state index contributed by atoms with van der Waals surface area (Å²) in [5.74, 6) is -0.0140. The molecule has 0 aliphatic carbocycles. The zero-order valence-corrected chi connectivity index (χ0v) is 9.28. The van der Waals surface area contributed by atoms with Crippen molar-refractivity contribution >= 4 is 5.97 Å². The van der Waals surface area contributed by atoms with Crippen molar-refractivity contribution in [3.63, 3.8) is 0 Å². The van der Waals surface area contributed by atoms with Gasteiger partial charge in [0.15, 0.2) is 0 Å². The molecule has 0 heterocycles. The van der Waals surface area contributed by atoms with Crippen LogP contribution in [0.4, 0.5) is 0 Å². The molecule has 0 saturated carbocycles. The molecule has 1 aromatic carbocycles. The van der Waals surface area contributed by atoms with Crippen LogP contribution < -0.4 is 0 Å². The van der Waals surface area contributed by atoms with Crippen molar-refractivity contribution in [3.8, 4) is 5.75 Å². The molecule has 82 valence electrons. The fourth-order valence-electron chi connectivity index (χ4n) is 1.37. The summed E-state index contributed by atoms with van der Waals surface area (Å²) in [6.07, 6.45) is 0. The molecule has 1 rings (SSSR count). The highest BCUT2D eigenvalue weighted by atomic mass is 16.5. The van der Waals surface area contributed by atoms with Crippen molar-refractivity contribution in [1.29, 1.82) is 0 Å². The Morgan fingerprint density at radius 2 is 2.13 bits per heavy atom. The number of hydrogen-bond donors (Lipinski definition) is 1. The first-order valence-electron chi connectivity index (χ1n) is 5.06. The van der Waals surface area contributed by atoms with Gasteiger partial charge >= 0.3 is 5.97 Å². The van der Waals surface area contributed by atoms with Gasteiger partial charge in [-0.25, -0.2) is 4.79 Å². The minimum absolute atomic E-state index is 0.149. The molecule has 0 aliphatic rings. The highest BCUT2D eigenvalue weighted by molar-refractivity contribution is 5.90. The maximum Gasteiger partial charge on any atom is 0.338 e. The molecule has 0 bridgehead atoms. The van der Waals surface area contributed by atoms with E-state index >= 15 is 0 Å². The number of ether oxygens (including phenoxy) is 1. The lowest BCUT2D eigenvalue weighted by Crippen LogP contribution is -2.04. The fraction of sp³-hybridized carbons (Fsp3) is 0.417. The smallest absolute Gasteiger partial charge is 0.338 e. The molecule has 1 N–H and O–H groups in total. The van der Waals surface area contributed by atoms with Crippen LogP contribution >= 0.6 is 0 Å². The molecule has 0 aliphatic heterocycles. The van der Waals surface area contributed by atoms with E-state index in [1.807, 2.05) is 13.8 Å². The summed E-state index contributed by atoms with van der Waals surface area (Å²) in [4.78, 5) is 11.3. The number of benzene rings is 1. The summed E-state index contributed by atoms with van der Waals surface area (Å²) in [6.45, 7) is 6.06. The standard InChI is InChI=1S/C12H16O3/c1-4-15-12(14)9-5-6-10(8(2)3)11(13)7-9/h5-8,13H,4H2,1-3H3. The molecule has 0 fully saturated rings. The van der Waals surface area contributed by atoms with E-state index in [-0.39, 0.29) is 11.7 Å². The maximum atomic E-state index is 11.3. The third kappa shape index (κ3) is 2.72. The number of esters is 1. The van der Waals surface area contributed by atoms with Crippen LogP contribution in [-0.2, 0) is 4.74 Å². The molecule has 0 atom stereocenters. The van der Waals surface area contributed by atoms with Crippen molar-refractivity contribution in [2.45, 2.75) is 26.7 Å². The van der Waals surface area contributed by atoms with Crippen molar-refractivity contribution in [2.75, 3.05) is 6.61 Å². The van der Waals surface area contributed by atoms with E-state index in [4.69, 9.17) is 4.74 Å². The highest BCUT2D eigenvalue weighted by Gasteiger charge is 2.11. The van der Waals surface area contributed by atoms with Crippen LogP contribution in [-0.4, -0.2) is 17.7 Å². The van der Waals surface area contributed by atoms with E-state index in [1.165, 1.54) is 6.07 Å². The van der Waals surface area contributed by atoms with Crippen LogP contribution in [0.1, 0.15) is 42.6 Å². The Kier molecular flexibility index (Phi) is 3.72. The topological polar surface area (TPSA) is 46.5 Å². The van der Waals surface area contributed by atoms with Gasteiger partial charge in [0.1, 0.15) is 5.75 Å². The molecular weight excluding hydrogens is 192 g/mol. The first-order chi connectivity index (χ1) is 7.06. The Bertz CT molecular complexity index is 356. The number of hydrogen-bond acceptors (Lipinski definition) is 3. The van der Waals surface area contributed by atoms with Crippen molar-refractivity contribution < 1.29 is 14.6 Å². The van der Waals surface area contributed by atoms with Gasteiger partial charge in [-0.2, -0.15) is 0 Å². The van der Waals surface area contributed by atoms with E-state index in [9.17, 15) is 9.90 Å². The molecule has 0 aromatic heterocycles. The molecular formula is C12H16O3. The highest BCUT2D eigenvalue weighted by Crippen LogP contribution is 2.26. The fourth-order valence-corrected chi connectivity index (χ4v) is 1.37. The summed E-state index contributed by atoms with van der Waals surface area (Å²) < 4.78 is 4.83. The Morgan fingerprint density at radius 1 is 1.47 bits per heavy atom. The average Bonchev–Trinajstić information content (AvgIpc) is 2.17. The minimum atomic E-state index is -0.400. The first-order valence-corrected chi connectivity index (χ1v) is 5.06. The second-order valence-electron chi connectivity index (χ2n) is 3.65. The number of phenolic OH excluding ortho intramolecular Hbond substituents is 1. The first kappa shape index (κ1) is 11.6. The van der Waals surface area contributed by atoms with E-state index in [1.54, 1.807) is 19.1 Å². The SMILES string of the molecule is CCOC(=O)c1ccc(C(C)C)c(O)c1. The zero-order chi connectivity index (χ0) is 11.4. The minimum Gasteiger partial charge on any atom is -0.508 e. The summed E-state index contributed by atoms with van der Waals surface area (Å²) in [7, 11) is 0. The monoisotopic (exact) mass is 208 g/mol. The second-order valence-corrected chi connectivity index (χ2v) is 3.65. The van der Waals surface area contributed by atoms with Gasteiger partial charge in [0.25, 0.3) is 0 Å². The van der Waals surface area contributed by atoms with Gasteiger partial charge in [0, 0.05) is 0 Å². The lowest BCUT2D eigenvalue weighted by molar-refractivity contribution is 0.0526. The van der Waals surface area contributed by atoms with Gasteiger partial charge in [0.2, 0.25) is 0 Å². The number of aromatic hydroxyl groups is 1. The second kappa shape index (κ2) is 4.82. The third-order valence-corrected chi connectivity index (χ3v) is 2.16. The van der Waals surface area contributed by atoms with Gasteiger partial charge < -0.3 is 9.84 Å². The van der Waals surface area contributed by atoms with E-state index in [0.29, 0.717) is 12.2 Å². The van der Waals surface area contributed by atoms with Crippen LogP contribution in [0.5, 0.6) is 5.75 Å². The van der Waals surface area contributed by atoms with Crippen molar-refractivity contribution in [1.82, 2.24) is 0 Å². The molecule has 0 amide bonds. The number of phenols is 1. The number of carbonyl (C=O) groups is 1. The van der Waals surface area contributed by atoms with E-state index in [2.05, 4.69) is 0 Å². The Labute approximate surface area is 89.7 Å². The summed E-state index contributed by atoms with van der Waals surface area (Å²) in [5.41, 5.74) is 1.22. The third-order valence-electron chi connectivity index (χ3n) is 2.16. The maximum absolute atomic E-state index is 11.3. The van der Waals surface area contributed by atoms with Crippen LogP contribution in [0.25, 0.3) is 0 Å². The Balaban J connectivity index is 2.96. The molecule has 0 saturated heterocycles. The normalized spacial score (nSPS) is 10.4. The van der Waals surface area contributed by atoms with Gasteiger partial charge in [0.05, 0.1) is 12.2 Å². The predicted molar refractivity (Wildman–Crippen MR) is 58.2 cm³/mol. The van der Waals surface area contributed by atoms with Gasteiger partial charge in [-0.15, -0.1) is 0 Å². The van der Waals surface area contributed by atoms with Crippen LogP contribution in [0.2, 0.25) is 0 Å². The van der Waals surface area contributed by atoms with Crippen LogP contribution in [0.3, 0.4) is 0 Å². The molecule has 0 radical (unpaired) electrons. The number of rotatable bonds is 3. The molecule has 0 spiro atoms. The predicted octanol–water partition coefficient (Wildman–Crippen LogP) is 2.69. The van der Waals surface area contributed by atoms with Gasteiger partial charge in [-0.05, 0) is 30.5 Å². The Hall–Kier alpha value is -1.51. The summed E-state index contributed by atoms with van der Waals surface area (Å²) >= 11 is 0. The van der Waals surface area contributed by atoms with Crippen molar-refractivity contribution in [3.05, 3.63) is 29.3 Å². The lowest BCUT2D eigenvalue weighted by Gasteiger charge is -2.09. The molecule has 3 heteroatoms. The van der Waals surface area contributed by atoms with Crippen molar-refractivity contribution in [2.24, 2.45) is 0 Å². The number of carbonyl (C=O) groups excluding carboxylic acids is 1. The summed E-state index contributed by atoms with van der Waals surface area (Å²) in [5, 5.41) is 9.67. The molecule has 3 nitrogen and oxygen atoms in total. The quantitative estimate of drug-likeness (QED) is 0.777. The van der Waals surface area contributed by atoms with Gasteiger partial charge in [-0.3, -0.25) is 0 Å². The molecule has 0 unspecified atom stereocenters. The van der Waals surface area contributed by atoms with E-state index < -0.39 is 5.97 Å². The lowest BCUT2D eigenvalue weighted by atomic mass is 10.0. The summed E-state index contributed by atoms with van der Waals surface area (Å²) in [6, 6.07) is 4.88. The largest absolute Gasteiger partial charge is 0.508 e. The van der Waals surface area contributed by atoms with Gasteiger partial charge in [-0.1, -0.05) is 19.9 Å². The van der Waals surface area contributed by atoms with Crippen LogP contribution in [0, 0.1) is 0 Å².